The van der Waals surface area contributed by atoms with Gasteiger partial charge in [-0.2, -0.15) is 0 Å². The quantitative estimate of drug-likeness (QED) is 0.917. The van der Waals surface area contributed by atoms with Crippen LogP contribution in [-0.2, 0) is 11.2 Å². The van der Waals surface area contributed by atoms with Crippen LogP contribution in [-0.4, -0.2) is 26.0 Å². The predicted octanol–water partition coefficient (Wildman–Crippen LogP) is 3.50. The lowest BCUT2D eigenvalue weighted by atomic mass is 10.00. The molecular weight excluding hydrogens is 304 g/mol. The first-order valence-corrected chi connectivity index (χ1v) is 7.09. The van der Waals surface area contributed by atoms with Crippen molar-refractivity contribution in [2.45, 2.75) is 12.8 Å². The van der Waals surface area contributed by atoms with Crippen molar-refractivity contribution in [3.63, 3.8) is 0 Å². The van der Waals surface area contributed by atoms with Crippen LogP contribution >= 0.6 is 0 Å². The molecule has 6 heteroatoms. The minimum Gasteiger partial charge on any atom is -0.496 e. The van der Waals surface area contributed by atoms with Crippen molar-refractivity contribution in [3.05, 3.63) is 42.0 Å². The largest absolute Gasteiger partial charge is 0.496 e. The molecule has 0 saturated carbocycles. The summed E-state index contributed by atoms with van der Waals surface area (Å²) in [6.45, 7) is -0.689. The van der Waals surface area contributed by atoms with Crippen LogP contribution in [0.1, 0.15) is 5.56 Å². The molecule has 0 spiro atoms. The van der Waals surface area contributed by atoms with Crippen molar-refractivity contribution in [2.75, 3.05) is 19.0 Å². The number of amides is 1. The van der Waals surface area contributed by atoms with Crippen LogP contribution < -0.4 is 14.8 Å². The smallest absolute Gasteiger partial charge is 0.272 e. The number of carbonyl (C=O) groups is 1. The van der Waals surface area contributed by atoms with Crippen LogP contribution in [0, 0.1) is 0 Å². The van der Waals surface area contributed by atoms with Crippen LogP contribution in [0.5, 0.6) is 11.5 Å². The molecular formula is C17H15F2NO3. The highest BCUT2D eigenvalue weighted by molar-refractivity contribution is 6.00. The lowest BCUT2D eigenvalue weighted by molar-refractivity contribution is -0.115. The van der Waals surface area contributed by atoms with Crippen LogP contribution in [0.2, 0.25) is 0 Å². The van der Waals surface area contributed by atoms with Crippen molar-refractivity contribution in [1.82, 2.24) is 0 Å². The van der Waals surface area contributed by atoms with Crippen LogP contribution in [0.3, 0.4) is 0 Å². The summed E-state index contributed by atoms with van der Waals surface area (Å²) in [6, 6.07) is 10.5. The topological polar surface area (TPSA) is 47.6 Å². The van der Waals surface area contributed by atoms with E-state index in [1.165, 1.54) is 7.11 Å². The number of halogens is 2. The molecule has 0 unspecified atom stereocenters. The van der Waals surface area contributed by atoms with Crippen molar-refractivity contribution in [3.8, 4) is 22.6 Å². The molecule has 23 heavy (non-hydrogen) atoms. The summed E-state index contributed by atoms with van der Waals surface area (Å²) >= 11 is 0. The van der Waals surface area contributed by atoms with E-state index < -0.39 is 13.0 Å². The first kappa shape index (κ1) is 15.3. The lowest BCUT2D eigenvalue weighted by Crippen LogP contribution is -2.08. The molecule has 1 amide bonds. The van der Waals surface area contributed by atoms with E-state index in [4.69, 9.17) is 9.47 Å². The molecule has 0 fully saturated rings. The minimum absolute atomic E-state index is 0.0636. The third-order valence-corrected chi connectivity index (χ3v) is 3.59. The van der Waals surface area contributed by atoms with Crippen molar-refractivity contribution in [1.29, 1.82) is 0 Å². The van der Waals surface area contributed by atoms with Crippen molar-refractivity contribution in [2.24, 2.45) is 0 Å². The average Bonchev–Trinajstić information content (AvgIpc) is 2.91. The standard InChI is InChI=1S/C17H15F2NO3/c1-22-13-3-2-4-14(23-9-15(18)19)17(13)10-5-6-12-11(7-10)8-16(21)20-12/h2-7,15H,8-9H2,1H3,(H,20,21). The van der Waals surface area contributed by atoms with Crippen LogP contribution in [0.4, 0.5) is 14.5 Å². The molecule has 120 valence electrons. The Hall–Kier alpha value is -2.63. The van der Waals surface area contributed by atoms with Gasteiger partial charge in [0.2, 0.25) is 5.91 Å². The fraction of sp³-hybridized carbons (Fsp3) is 0.235. The lowest BCUT2D eigenvalue weighted by Gasteiger charge is -2.15. The van der Waals surface area contributed by atoms with E-state index in [9.17, 15) is 13.6 Å². The Morgan fingerprint density at radius 3 is 2.74 bits per heavy atom. The van der Waals surface area contributed by atoms with Crippen LogP contribution in [0.25, 0.3) is 11.1 Å². The fourth-order valence-electron chi connectivity index (χ4n) is 2.62. The number of ether oxygens (including phenoxy) is 2. The van der Waals surface area contributed by atoms with Gasteiger partial charge < -0.3 is 14.8 Å². The van der Waals surface area contributed by atoms with E-state index in [2.05, 4.69) is 5.32 Å². The van der Waals surface area contributed by atoms with Crippen LogP contribution in [0.15, 0.2) is 36.4 Å². The number of nitrogens with one attached hydrogen (secondary N) is 1. The molecule has 0 saturated heterocycles. The Morgan fingerprint density at radius 1 is 1.22 bits per heavy atom. The van der Waals surface area contributed by atoms with E-state index in [1.807, 2.05) is 6.07 Å². The molecule has 0 radical (unpaired) electrons. The molecule has 0 atom stereocenters. The van der Waals surface area contributed by atoms with Gasteiger partial charge in [0.25, 0.3) is 6.43 Å². The van der Waals surface area contributed by atoms with Gasteiger partial charge in [-0.05, 0) is 35.4 Å². The Kier molecular flexibility index (Phi) is 4.14. The Balaban J connectivity index is 2.04. The summed E-state index contributed by atoms with van der Waals surface area (Å²) in [5.74, 6) is 0.780. The second-order valence-electron chi connectivity index (χ2n) is 5.13. The van der Waals surface area contributed by atoms with E-state index in [0.29, 0.717) is 23.5 Å². The highest BCUT2D eigenvalue weighted by Gasteiger charge is 2.20. The maximum atomic E-state index is 12.5. The number of rotatable bonds is 5. The number of anilines is 1. The van der Waals surface area contributed by atoms with E-state index in [1.54, 1.807) is 30.3 Å². The number of fused-ring (bicyclic) bond motifs is 1. The van der Waals surface area contributed by atoms with E-state index >= 15 is 0 Å². The van der Waals surface area contributed by atoms with Gasteiger partial charge in [-0.15, -0.1) is 0 Å². The third-order valence-electron chi connectivity index (χ3n) is 3.59. The van der Waals surface area contributed by atoms with Crippen molar-refractivity contribution < 1.29 is 23.0 Å². The Labute approximate surface area is 132 Å². The Bertz CT molecular complexity index is 747. The van der Waals surface area contributed by atoms with Gasteiger partial charge in [0.15, 0.2) is 0 Å². The molecule has 2 aromatic carbocycles. The third kappa shape index (κ3) is 3.11. The molecule has 1 N–H and O–H groups in total. The molecule has 1 aliphatic heterocycles. The summed E-state index contributed by atoms with van der Waals surface area (Å²) in [6.07, 6.45) is -2.26. The molecule has 1 heterocycles. The van der Waals surface area contributed by atoms with Gasteiger partial charge in [-0.3, -0.25) is 4.79 Å². The molecule has 1 aliphatic rings. The fourth-order valence-corrected chi connectivity index (χ4v) is 2.62. The molecule has 3 rings (SSSR count). The molecule has 2 aromatic rings. The SMILES string of the molecule is COc1cccc(OCC(F)F)c1-c1ccc2c(c1)CC(=O)N2. The van der Waals surface area contributed by atoms with Gasteiger partial charge in [0, 0.05) is 5.69 Å². The highest BCUT2D eigenvalue weighted by Crippen LogP contribution is 2.40. The summed E-state index contributed by atoms with van der Waals surface area (Å²) in [4.78, 5) is 11.5. The zero-order valence-corrected chi connectivity index (χ0v) is 12.4. The molecule has 0 aliphatic carbocycles. The minimum atomic E-state index is -2.56. The summed E-state index contributed by atoms with van der Waals surface area (Å²) in [5.41, 5.74) is 2.97. The second-order valence-corrected chi connectivity index (χ2v) is 5.13. The number of methoxy groups -OCH3 is 1. The number of hydrogen-bond acceptors (Lipinski definition) is 3. The summed E-state index contributed by atoms with van der Waals surface area (Å²) in [7, 11) is 1.51. The van der Waals surface area contributed by atoms with E-state index in [-0.39, 0.29) is 5.91 Å². The first-order chi connectivity index (χ1) is 11.1. The molecule has 4 nitrogen and oxygen atoms in total. The first-order valence-electron chi connectivity index (χ1n) is 7.09. The normalized spacial score (nSPS) is 13.0. The maximum Gasteiger partial charge on any atom is 0.272 e. The van der Waals surface area contributed by atoms with Gasteiger partial charge in [0.1, 0.15) is 18.1 Å². The Morgan fingerprint density at radius 2 is 2.00 bits per heavy atom. The van der Waals surface area contributed by atoms with Gasteiger partial charge >= 0.3 is 0 Å². The monoisotopic (exact) mass is 319 g/mol. The second kappa shape index (κ2) is 6.24. The molecule has 0 aromatic heterocycles. The van der Waals surface area contributed by atoms with E-state index in [0.717, 1.165) is 16.8 Å². The number of benzene rings is 2. The number of carbonyl (C=O) groups excluding carboxylic acids is 1. The van der Waals surface area contributed by atoms with Gasteiger partial charge in [-0.25, -0.2) is 8.78 Å². The van der Waals surface area contributed by atoms with Crippen molar-refractivity contribution >= 4 is 11.6 Å². The summed E-state index contributed by atoms with van der Waals surface area (Å²) in [5, 5.41) is 2.76. The van der Waals surface area contributed by atoms with Gasteiger partial charge in [-0.1, -0.05) is 12.1 Å². The summed E-state index contributed by atoms with van der Waals surface area (Å²) < 4.78 is 35.5. The zero-order chi connectivity index (χ0) is 16.4. The maximum absolute atomic E-state index is 12.5. The number of alkyl halides is 2. The number of hydrogen-bond donors (Lipinski definition) is 1. The zero-order valence-electron chi connectivity index (χ0n) is 12.4. The molecule has 0 bridgehead atoms. The highest BCUT2D eigenvalue weighted by atomic mass is 19.3. The average molecular weight is 319 g/mol. The van der Waals surface area contributed by atoms with Gasteiger partial charge in [0.05, 0.1) is 19.1 Å². The predicted molar refractivity (Wildman–Crippen MR) is 82.3 cm³/mol.